The van der Waals surface area contributed by atoms with Crippen molar-refractivity contribution < 1.29 is 4.42 Å². The molecule has 42 heavy (non-hydrogen) atoms. The Labute approximate surface area is 243 Å². The fourth-order valence-corrected chi connectivity index (χ4v) is 7.19. The molecule has 1 heterocycles. The van der Waals surface area contributed by atoms with Crippen LogP contribution in [0.15, 0.2) is 138 Å². The van der Waals surface area contributed by atoms with Gasteiger partial charge in [-0.2, -0.15) is 5.26 Å². The first kappa shape index (κ1) is 23.0. The third kappa shape index (κ3) is 2.96. The van der Waals surface area contributed by atoms with E-state index in [1.54, 1.807) is 0 Å². The molecule has 9 rings (SSSR count). The van der Waals surface area contributed by atoms with Crippen LogP contribution in [0.2, 0.25) is 0 Å². The van der Waals surface area contributed by atoms with E-state index in [0.717, 1.165) is 27.8 Å². The highest BCUT2D eigenvalue weighted by Crippen LogP contribution is 2.63. The van der Waals surface area contributed by atoms with Crippen LogP contribution in [0.1, 0.15) is 27.8 Å². The number of aromatic nitrogens is 1. The van der Waals surface area contributed by atoms with Gasteiger partial charge >= 0.3 is 0 Å². The van der Waals surface area contributed by atoms with Crippen molar-refractivity contribution in [1.82, 2.24) is 4.98 Å². The van der Waals surface area contributed by atoms with Crippen LogP contribution in [-0.4, -0.2) is 4.98 Å². The van der Waals surface area contributed by atoms with Gasteiger partial charge in [0.25, 0.3) is 0 Å². The maximum absolute atomic E-state index is 9.89. The molecule has 3 heteroatoms. The number of hydrogen-bond acceptors (Lipinski definition) is 3. The standard InChI is InChI=1S/C39H22N2O/c40-23-24-13-19-30-31-20-18-27(25-14-16-26(17-15-25)38-41-36-11-5-6-12-37(36)42-38)22-35(31)39(34(30)21-24)32-9-3-1-7-28(32)29-8-2-4-10-33(29)39/h1-22H. The first-order chi connectivity index (χ1) is 20.8. The summed E-state index contributed by atoms with van der Waals surface area (Å²) in [4.78, 5) is 4.67. The molecule has 0 atom stereocenters. The number of benzene rings is 6. The molecule has 0 fully saturated rings. The van der Waals surface area contributed by atoms with Gasteiger partial charge in [-0.1, -0.05) is 91.0 Å². The minimum atomic E-state index is -0.487. The van der Waals surface area contributed by atoms with Crippen LogP contribution < -0.4 is 0 Å². The SMILES string of the molecule is N#Cc1ccc2c(c1)C1(c3ccccc3-c3ccccc31)c1cc(-c3ccc(-c4nc5ccccc5o4)cc3)ccc1-2. The molecule has 2 aliphatic rings. The molecule has 0 radical (unpaired) electrons. The zero-order valence-corrected chi connectivity index (χ0v) is 22.5. The molecular formula is C39H22N2O. The lowest BCUT2D eigenvalue weighted by Gasteiger charge is -2.30. The summed E-state index contributed by atoms with van der Waals surface area (Å²) >= 11 is 0. The van der Waals surface area contributed by atoms with Gasteiger partial charge in [-0.3, -0.25) is 0 Å². The first-order valence-corrected chi connectivity index (χ1v) is 14.1. The number of para-hydroxylation sites is 2. The van der Waals surface area contributed by atoms with Gasteiger partial charge in [-0.25, -0.2) is 4.98 Å². The Hall–Kier alpha value is -5.72. The van der Waals surface area contributed by atoms with Crippen molar-refractivity contribution in [1.29, 1.82) is 5.26 Å². The molecule has 7 aromatic rings. The summed E-state index contributed by atoms with van der Waals surface area (Å²) in [5.74, 6) is 0.624. The van der Waals surface area contributed by atoms with E-state index >= 15 is 0 Å². The lowest BCUT2D eigenvalue weighted by molar-refractivity contribution is 0.620. The average Bonchev–Trinajstić information content (AvgIpc) is 3.71. The second-order valence-corrected chi connectivity index (χ2v) is 11.0. The van der Waals surface area contributed by atoms with E-state index in [1.807, 2.05) is 30.3 Å². The predicted octanol–water partition coefficient (Wildman–Crippen LogP) is 9.38. The van der Waals surface area contributed by atoms with E-state index in [1.165, 1.54) is 44.5 Å². The molecule has 0 aliphatic heterocycles. The number of fused-ring (bicyclic) bond motifs is 11. The Morgan fingerprint density at radius 2 is 1.10 bits per heavy atom. The average molecular weight is 535 g/mol. The lowest BCUT2D eigenvalue weighted by atomic mass is 9.70. The van der Waals surface area contributed by atoms with Crippen molar-refractivity contribution in [2.75, 3.05) is 0 Å². The molecular weight excluding hydrogens is 512 g/mol. The summed E-state index contributed by atoms with van der Waals surface area (Å²) in [7, 11) is 0. The van der Waals surface area contributed by atoms with Crippen LogP contribution in [0.25, 0.3) is 55.9 Å². The van der Waals surface area contributed by atoms with Crippen molar-refractivity contribution in [3.05, 3.63) is 161 Å². The van der Waals surface area contributed by atoms with Gasteiger partial charge in [0.1, 0.15) is 5.52 Å². The van der Waals surface area contributed by atoms with Crippen LogP contribution in [0.3, 0.4) is 0 Å². The van der Waals surface area contributed by atoms with Crippen molar-refractivity contribution in [2.24, 2.45) is 0 Å². The summed E-state index contributed by atoms with van der Waals surface area (Å²) in [5.41, 5.74) is 14.9. The number of hydrogen-bond donors (Lipinski definition) is 0. The highest BCUT2D eigenvalue weighted by atomic mass is 16.3. The molecule has 2 aliphatic carbocycles. The van der Waals surface area contributed by atoms with Gasteiger partial charge < -0.3 is 4.42 Å². The van der Waals surface area contributed by atoms with E-state index in [4.69, 9.17) is 4.42 Å². The topological polar surface area (TPSA) is 49.8 Å². The Bertz CT molecular complexity index is 2190. The number of nitriles is 1. The van der Waals surface area contributed by atoms with E-state index in [9.17, 15) is 5.26 Å². The second-order valence-electron chi connectivity index (χ2n) is 11.0. The monoisotopic (exact) mass is 534 g/mol. The van der Waals surface area contributed by atoms with Gasteiger partial charge in [-0.15, -0.1) is 0 Å². The molecule has 0 saturated carbocycles. The summed E-state index contributed by atoms with van der Waals surface area (Å²) in [6.45, 7) is 0. The molecule has 1 spiro atoms. The normalized spacial score (nSPS) is 13.4. The zero-order chi connectivity index (χ0) is 27.8. The number of nitrogens with zero attached hydrogens (tertiary/aromatic N) is 2. The molecule has 0 N–H and O–H groups in total. The van der Waals surface area contributed by atoms with Crippen LogP contribution in [0, 0.1) is 11.3 Å². The fourth-order valence-electron chi connectivity index (χ4n) is 7.19. The lowest BCUT2D eigenvalue weighted by Crippen LogP contribution is -2.26. The van der Waals surface area contributed by atoms with Crippen LogP contribution in [0.5, 0.6) is 0 Å². The summed E-state index contributed by atoms with van der Waals surface area (Å²) in [6, 6.07) is 49.1. The first-order valence-electron chi connectivity index (χ1n) is 14.1. The molecule has 0 unspecified atom stereocenters. The third-order valence-corrected chi connectivity index (χ3v) is 8.98. The highest BCUT2D eigenvalue weighted by molar-refractivity contribution is 5.96. The summed E-state index contributed by atoms with van der Waals surface area (Å²) in [6.07, 6.45) is 0. The number of oxazole rings is 1. The summed E-state index contributed by atoms with van der Waals surface area (Å²) in [5, 5.41) is 9.89. The van der Waals surface area contributed by atoms with Gasteiger partial charge in [0.15, 0.2) is 5.58 Å². The van der Waals surface area contributed by atoms with Gasteiger partial charge in [-0.05, 0) is 98.1 Å². The Kier molecular flexibility index (Phi) is 4.60. The van der Waals surface area contributed by atoms with Crippen molar-refractivity contribution >= 4 is 11.1 Å². The molecule has 0 saturated heterocycles. The predicted molar refractivity (Wildman–Crippen MR) is 166 cm³/mol. The Morgan fingerprint density at radius 3 is 1.81 bits per heavy atom. The summed E-state index contributed by atoms with van der Waals surface area (Å²) < 4.78 is 6.01. The Balaban J connectivity index is 1.25. The Morgan fingerprint density at radius 1 is 0.524 bits per heavy atom. The van der Waals surface area contributed by atoms with Gasteiger partial charge in [0.2, 0.25) is 5.89 Å². The zero-order valence-electron chi connectivity index (χ0n) is 22.5. The van der Waals surface area contributed by atoms with Crippen molar-refractivity contribution in [3.63, 3.8) is 0 Å². The molecule has 194 valence electrons. The number of rotatable bonds is 2. The van der Waals surface area contributed by atoms with Gasteiger partial charge in [0, 0.05) is 5.56 Å². The molecule has 0 bridgehead atoms. The quantitative estimate of drug-likeness (QED) is 0.222. The maximum atomic E-state index is 9.89. The molecule has 1 aromatic heterocycles. The van der Waals surface area contributed by atoms with E-state index in [0.29, 0.717) is 11.5 Å². The van der Waals surface area contributed by atoms with Crippen molar-refractivity contribution in [2.45, 2.75) is 5.41 Å². The largest absolute Gasteiger partial charge is 0.436 e. The molecule has 6 aromatic carbocycles. The fraction of sp³-hybridized carbons (Fsp3) is 0.0256. The van der Waals surface area contributed by atoms with Crippen LogP contribution in [0.4, 0.5) is 0 Å². The van der Waals surface area contributed by atoms with E-state index in [-0.39, 0.29) is 0 Å². The van der Waals surface area contributed by atoms with E-state index < -0.39 is 5.41 Å². The van der Waals surface area contributed by atoms with E-state index in [2.05, 4.69) is 114 Å². The molecule has 3 nitrogen and oxygen atoms in total. The van der Waals surface area contributed by atoms with Crippen molar-refractivity contribution in [3.8, 4) is 50.9 Å². The molecule has 0 amide bonds. The minimum absolute atomic E-state index is 0.487. The third-order valence-electron chi connectivity index (χ3n) is 8.98. The maximum Gasteiger partial charge on any atom is 0.227 e. The van der Waals surface area contributed by atoms with Gasteiger partial charge in [0.05, 0.1) is 17.0 Å². The minimum Gasteiger partial charge on any atom is -0.436 e. The highest BCUT2D eigenvalue weighted by Gasteiger charge is 2.51. The smallest absolute Gasteiger partial charge is 0.227 e. The van der Waals surface area contributed by atoms with Crippen LogP contribution in [-0.2, 0) is 5.41 Å². The second kappa shape index (κ2) is 8.39. The van der Waals surface area contributed by atoms with Crippen LogP contribution >= 0.6 is 0 Å².